The zero-order valence-electron chi connectivity index (χ0n) is 14.5. The molecule has 1 heterocycles. The van der Waals surface area contributed by atoms with E-state index in [4.69, 9.17) is 9.47 Å². The summed E-state index contributed by atoms with van der Waals surface area (Å²) in [4.78, 5) is 18.4. The largest absolute Gasteiger partial charge is 0.489 e. The van der Waals surface area contributed by atoms with Crippen LogP contribution in [0.4, 0.5) is 0 Å². The minimum absolute atomic E-state index is 0.138. The van der Waals surface area contributed by atoms with Crippen LogP contribution in [0.3, 0.4) is 0 Å². The molecule has 0 fully saturated rings. The summed E-state index contributed by atoms with van der Waals surface area (Å²) in [6.07, 6.45) is 0. The predicted octanol–water partition coefficient (Wildman–Crippen LogP) is 3.83. The van der Waals surface area contributed by atoms with Crippen molar-refractivity contribution in [3.8, 4) is 11.5 Å². The molecule has 0 atom stereocenters. The number of aryl methyl sites for hydroxylation is 1. The second-order valence-corrected chi connectivity index (χ2v) is 6.69. The Morgan fingerprint density at radius 2 is 1.69 bits per heavy atom. The Bertz CT molecular complexity index is 897. The fourth-order valence-corrected chi connectivity index (χ4v) is 3.08. The average molecular weight is 368 g/mol. The van der Waals surface area contributed by atoms with E-state index in [0.29, 0.717) is 41.3 Å². The highest BCUT2D eigenvalue weighted by Gasteiger charge is 2.05. The number of nitrogens with zero attached hydrogens (tertiary/aromatic N) is 1. The highest BCUT2D eigenvalue weighted by molar-refractivity contribution is 7.99. The van der Waals surface area contributed by atoms with Crippen LogP contribution in [0.25, 0.3) is 0 Å². The Kier molecular flexibility index (Phi) is 6.33. The van der Waals surface area contributed by atoms with Crippen molar-refractivity contribution >= 4 is 11.8 Å². The van der Waals surface area contributed by atoms with Gasteiger partial charge in [-0.25, -0.2) is 4.98 Å². The molecule has 6 heteroatoms. The zero-order chi connectivity index (χ0) is 18.2. The molecule has 134 valence electrons. The fourth-order valence-electron chi connectivity index (χ4n) is 2.33. The Morgan fingerprint density at radius 3 is 2.42 bits per heavy atom. The van der Waals surface area contributed by atoms with Gasteiger partial charge in [0.1, 0.15) is 6.61 Å². The summed E-state index contributed by atoms with van der Waals surface area (Å²) in [6.45, 7) is 2.77. The number of benzene rings is 2. The lowest BCUT2D eigenvalue weighted by Gasteiger charge is -2.12. The number of para-hydroxylation sites is 2. The molecule has 0 saturated heterocycles. The summed E-state index contributed by atoms with van der Waals surface area (Å²) in [5.41, 5.74) is 1.67. The maximum atomic E-state index is 11.4. The van der Waals surface area contributed by atoms with Gasteiger partial charge in [-0.3, -0.25) is 4.79 Å². The molecule has 5 nitrogen and oxygen atoms in total. The zero-order valence-corrected chi connectivity index (χ0v) is 15.3. The van der Waals surface area contributed by atoms with Gasteiger partial charge in [0.05, 0.1) is 6.61 Å². The van der Waals surface area contributed by atoms with Gasteiger partial charge >= 0.3 is 0 Å². The van der Waals surface area contributed by atoms with Crippen molar-refractivity contribution < 1.29 is 9.47 Å². The Balaban J connectivity index is 1.52. The van der Waals surface area contributed by atoms with Crippen LogP contribution in [0.5, 0.6) is 11.5 Å². The summed E-state index contributed by atoms with van der Waals surface area (Å²) in [5, 5.41) is 0.604. The highest BCUT2D eigenvalue weighted by Crippen LogP contribution is 2.27. The second kappa shape index (κ2) is 9.10. The van der Waals surface area contributed by atoms with Gasteiger partial charge in [0.25, 0.3) is 5.56 Å². The first-order chi connectivity index (χ1) is 12.7. The Labute approximate surface area is 156 Å². The van der Waals surface area contributed by atoms with E-state index in [1.54, 1.807) is 6.92 Å². The van der Waals surface area contributed by atoms with Crippen molar-refractivity contribution in [2.45, 2.75) is 18.7 Å². The van der Waals surface area contributed by atoms with Gasteiger partial charge in [-0.05, 0) is 24.6 Å². The number of rotatable bonds is 8. The first-order valence-electron chi connectivity index (χ1n) is 8.30. The summed E-state index contributed by atoms with van der Waals surface area (Å²) < 4.78 is 11.7. The third kappa shape index (κ3) is 5.39. The number of hydrogen-bond acceptors (Lipinski definition) is 5. The van der Waals surface area contributed by atoms with E-state index in [1.165, 1.54) is 17.8 Å². The summed E-state index contributed by atoms with van der Waals surface area (Å²) >= 11 is 1.45. The molecule has 3 rings (SSSR count). The molecule has 0 unspecified atom stereocenters. The van der Waals surface area contributed by atoms with Crippen LogP contribution in [0.15, 0.2) is 70.6 Å². The number of hydrogen-bond donors (Lipinski definition) is 1. The van der Waals surface area contributed by atoms with Crippen molar-refractivity contribution in [2.75, 3.05) is 12.4 Å². The van der Waals surface area contributed by atoms with E-state index in [1.807, 2.05) is 54.6 Å². The molecule has 0 amide bonds. The molecule has 2 aromatic carbocycles. The van der Waals surface area contributed by atoms with Crippen molar-refractivity contribution in [2.24, 2.45) is 0 Å². The molecular weight excluding hydrogens is 348 g/mol. The number of ether oxygens (including phenoxy) is 2. The predicted molar refractivity (Wildman–Crippen MR) is 103 cm³/mol. The van der Waals surface area contributed by atoms with Gasteiger partial charge in [0.15, 0.2) is 16.7 Å². The van der Waals surface area contributed by atoms with Gasteiger partial charge < -0.3 is 14.5 Å². The van der Waals surface area contributed by atoms with Gasteiger partial charge in [-0.2, -0.15) is 0 Å². The van der Waals surface area contributed by atoms with Crippen LogP contribution < -0.4 is 15.0 Å². The lowest BCUT2D eigenvalue weighted by Crippen LogP contribution is -2.09. The van der Waals surface area contributed by atoms with Crippen LogP contribution in [0.2, 0.25) is 0 Å². The molecule has 0 radical (unpaired) electrons. The van der Waals surface area contributed by atoms with Crippen LogP contribution in [-0.4, -0.2) is 22.3 Å². The highest BCUT2D eigenvalue weighted by atomic mass is 32.2. The third-order valence-electron chi connectivity index (χ3n) is 3.51. The van der Waals surface area contributed by atoms with Crippen molar-refractivity contribution in [1.29, 1.82) is 0 Å². The molecule has 0 aliphatic rings. The minimum atomic E-state index is -0.138. The fraction of sp³-hybridized carbons (Fsp3) is 0.200. The molecule has 0 aliphatic heterocycles. The number of H-pyrrole nitrogens is 1. The van der Waals surface area contributed by atoms with Crippen molar-refractivity contribution in [3.05, 3.63) is 82.3 Å². The minimum Gasteiger partial charge on any atom is -0.489 e. The number of thioether (sulfide) groups is 1. The number of aromatic amines is 1. The molecule has 0 saturated carbocycles. The molecule has 0 bridgehead atoms. The topological polar surface area (TPSA) is 64.2 Å². The van der Waals surface area contributed by atoms with Gasteiger partial charge in [-0.1, -0.05) is 54.2 Å². The van der Waals surface area contributed by atoms with E-state index in [9.17, 15) is 4.79 Å². The van der Waals surface area contributed by atoms with E-state index in [-0.39, 0.29) is 5.56 Å². The van der Waals surface area contributed by atoms with Crippen molar-refractivity contribution in [1.82, 2.24) is 9.97 Å². The maximum absolute atomic E-state index is 11.4. The lowest BCUT2D eigenvalue weighted by molar-refractivity contribution is 0.270. The monoisotopic (exact) mass is 368 g/mol. The van der Waals surface area contributed by atoms with E-state index >= 15 is 0 Å². The lowest BCUT2D eigenvalue weighted by atomic mass is 10.2. The van der Waals surface area contributed by atoms with E-state index in [0.717, 1.165) is 5.56 Å². The maximum Gasteiger partial charge on any atom is 0.251 e. The average Bonchev–Trinajstić information content (AvgIpc) is 2.64. The SMILES string of the molecule is Cc1cc(=O)[nH]c(SCCOc2ccccc2OCc2ccccc2)n1. The van der Waals surface area contributed by atoms with Crippen LogP contribution in [-0.2, 0) is 6.61 Å². The standard InChI is InChI=1S/C20H20N2O3S/c1-15-13-19(23)22-20(21-15)26-12-11-24-17-9-5-6-10-18(17)25-14-16-7-3-2-4-8-16/h2-10,13H,11-12,14H2,1H3,(H,21,22,23). The van der Waals surface area contributed by atoms with Crippen LogP contribution in [0.1, 0.15) is 11.3 Å². The van der Waals surface area contributed by atoms with Gasteiger partial charge in [0, 0.05) is 17.5 Å². The van der Waals surface area contributed by atoms with Crippen LogP contribution >= 0.6 is 11.8 Å². The second-order valence-electron chi connectivity index (χ2n) is 5.61. The summed E-state index contributed by atoms with van der Waals surface area (Å²) in [5.74, 6) is 2.08. The molecule has 0 spiro atoms. The third-order valence-corrected chi connectivity index (χ3v) is 4.35. The Hall–Kier alpha value is -2.73. The van der Waals surface area contributed by atoms with Crippen molar-refractivity contribution in [3.63, 3.8) is 0 Å². The van der Waals surface area contributed by atoms with E-state index < -0.39 is 0 Å². The van der Waals surface area contributed by atoms with Gasteiger partial charge in [-0.15, -0.1) is 0 Å². The first-order valence-corrected chi connectivity index (χ1v) is 9.28. The smallest absolute Gasteiger partial charge is 0.251 e. The summed E-state index contributed by atoms with van der Waals surface area (Å²) in [6, 6.07) is 19.1. The summed E-state index contributed by atoms with van der Waals surface area (Å²) in [7, 11) is 0. The first kappa shape index (κ1) is 18.1. The quantitative estimate of drug-likeness (QED) is 0.372. The van der Waals surface area contributed by atoms with E-state index in [2.05, 4.69) is 9.97 Å². The molecule has 1 aromatic heterocycles. The molecule has 0 aliphatic carbocycles. The molecular formula is C20H20N2O3S. The Morgan fingerprint density at radius 1 is 1.00 bits per heavy atom. The normalized spacial score (nSPS) is 10.5. The number of aromatic nitrogens is 2. The van der Waals surface area contributed by atoms with Crippen LogP contribution in [0, 0.1) is 6.92 Å². The van der Waals surface area contributed by atoms with Gasteiger partial charge in [0.2, 0.25) is 0 Å². The molecule has 26 heavy (non-hydrogen) atoms. The molecule has 1 N–H and O–H groups in total. The number of nitrogens with one attached hydrogen (secondary N) is 1. The molecule has 3 aromatic rings.